The molecule has 0 saturated heterocycles. The molecule has 122 valence electrons. The number of aromatic nitrogens is 3. The van der Waals surface area contributed by atoms with Crippen molar-refractivity contribution in [1.29, 1.82) is 0 Å². The van der Waals surface area contributed by atoms with Gasteiger partial charge in [0.2, 0.25) is 5.82 Å². The molecule has 0 unspecified atom stereocenters. The Bertz CT molecular complexity index is 815. The molecule has 0 bridgehead atoms. The minimum atomic E-state index is -0.338. The maximum atomic E-state index is 12.4. The van der Waals surface area contributed by atoms with Crippen molar-refractivity contribution in [2.75, 3.05) is 19.0 Å². The molecule has 1 N–H and O–H groups in total. The normalized spacial score (nSPS) is 10.5. The summed E-state index contributed by atoms with van der Waals surface area (Å²) in [6.45, 7) is 0.591. The zero-order chi connectivity index (χ0) is 16.8. The minimum Gasteiger partial charge on any atom is -0.384 e. The first-order valence-corrected chi connectivity index (χ1v) is 7.63. The lowest BCUT2D eigenvalue weighted by Crippen LogP contribution is -2.16. The number of carbonyl (C=O) groups excluding carboxylic acids is 1. The highest BCUT2D eigenvalue weighted by atomic mass is 16.5. The first-order valence-electron chi connectivity index (χ1n) is 7.63. The van der Waals surface area contributed by atoms with Gasteiger partial charge in [-0.25, -0.2) is 9.67 Å². The largest absolute Gasteiger partial charge is 0.384 e. The maximum Gasteiger partial charge on any atom is 0.295 e. The second-order valence-electron chi connectivity index (χ2n) is 5.20. The van der Waals surface area contributed by atoms with Gasteiger partial charge < -0.3 is 10.1 Å². The third-order valence-corrected chi connectivity index (χ3v) is 3.56. The molecule has 0 aliphatic carbocycles. The van der Waals surface area contributed by atoms with Crippen molar-refractivity contribution in [2.45, 2.75) is 6.42 Å². The van der Waals surface area contributed by atoms with Gasteiger partial charge in [-0.05, 0) is 30.2 Å². The Balaban J connectivity index is 1.75. The van der Waals surface area contributed by atoms with E-state index in [1.165, 1.54) is 6.33 Å². The SMILES string of the molecule is COCCc1ccccc1NC(=O)c1ncn(-c2ccccc2)n1. The fourth-order valence-corrected chi connectivity index (χ4v) is 2.32. The van der Waals surface area contributed by atoms with Crippen molar-refractivity contribution in [1.82, 2.24) is 14.8 Å². The van der Waals surface area contributed by atoms with Crippen LogP contribution in [0.25, 0.3) is 5.69 Å². The second kappa shape index (κ2) is 7.52. The number of benzene rings is 2. The number of nitrogens with zero attached hydrogens (tertiary/aromatic N) is 3. The van der Waals surface area contributed by atoms with E-state index in [-0.39, 0.29) is 11.7 Å². The lowest BCUT2D eigenvalue weighted by Gasteiger charge is -2.09. The molecule has 2 aromatic carbocycles. The van der Waals surface area contributed by atoms with Crippen LogP contribution in [0, 0.1) is 0 Å². The lowest BCUT2D eigenvalue weighted by atomic mass is 10.1. The van der Waals surface area contributed by atoms with Crippen molar-refractivity contribution < 1.29 is 9.53 Å². The number of para-hydroxylation sites is 2. The Labute approximate surface area is 140 Å². The van der Waals surface area contributed by atoms with Gasteiger partial charge in [-0.2, -0.15) is 0 Å². The van der Waals surface area contributed by atoms with Gasteiger partial charge in [0.1, 0.15) is 6.33 Å². The molecule has 3 rings (SSSR count). The van der Waals surface area contributed by atoms with Gasteiger partial charge in [-0.3, -0.25) is 4.79 Å². The summed E-state index contributed by atoms with van der Waals surface area (Å²) in [5.74, 6) is -0.213. The van der Waals surface area contributed by atoms with Crippen molar-refractivity contribution >= 4 is 11.6 Å². The summed E-state index contributed by atoms with van der Waals surface area (Å²) < 4.78 is 6.68. The second-order valence-corrected chi connectivity index (χ2v) is 5.20. The molecule has 0 saturated carbocycles. The van der Waals surface area contributed by atoms with E-state index in [1.54, 1.807) is 11.8 Å². The van der Waals surface area contributed by atoms with Crippen LogP contribution in [0.5, 0.6) is 0 Å². The molecule has 6 nitrogen and oxygen atoms in total. The molecule has 0 fully saturated rings. The van der Waals surface area contributed by atoms with Gasteiger partial charge in [0.05, 0.1) is 12.3 Å². The fraction of sp³-hybridized carbons (Fsp3) is 0.167. The summed E-state index contributed by atoms with van der Waals surface area (Å²) in [5, 5.41) is 7.10. The number of amides is 1. The van der Waals surface area contributed by atoms with E-state index < -0.39 is 0 Å². The molecule has 24 heavy (non-hydrogen) atoms. The Kier molecular flexibility index (Phi) is 4.98. The molecular weight excluding hydrogens is 304 g/mol. The van der Waals surface area contributed by atoms with E-state index in [4.69, 9.17) is 4.74 Å². The summed E-state index contributed by atoms with van der Waals surface area (Å²) in [6.07, 6.45) is 2.25. The van der Waals surface area contributed by atoms with Gasteiger partial charge in [0.25, 0.3) is 5.91 Å². The summed E-state index contributed by atoms with van der Waals surface area (Å²) in [7, 11) is 1.65. The number of methoxy groups -OCH3 is 1. The number of hydrogen-bond donors (Lipinski definition) is 1. The maximum absolute atomic E-state index is 12.4. The summed E-state index contributed by atoms with van der Waals surface area (Å²) in [6, 6.07) is 17.2. The number of hydrogen-bond acceptors (Lipinski definition) is 4. The van der Waals surface area contributed by atoms with E-state index in [1.807, 2.05) is 54.6 Å². The van der Waals surface area contributed by atoms with Gasteiger partial charge >= 0.3 is 0 Å². The molecule has 1 aromatic heterocycles. The standard InChI is InChI=1S/C18H18N4O2/c1-24-12-11-14-7-5-6-10-16(14)20-18(23)17-19-13-22(21-17)15-8-3-2-4-9-15/h2-10,13H,11-12H2,1H3,(H,20,23). The first-order chi connectivity index (χ1) is 11.8. The smallest absolute Gasteiger partial charge is 0.295 e. The molecule has 0 aliphatic rings. The van der Waals surface area contributed by atoms with Gasteiger partial charge in [0.15, 0.2) is 0 Å². The third-order valence-electron chi connectivity index (χ3n) is 3.56. The highest BCUT2D eigenvalue weighted by Crippen LogP contribution is 2.16. The summed E-state index contributed by atoms with van der Waals surface area (Å²) in [4.78, 5) is 16.5. The average molecular weight is 322 g/mol. The third kappa shape index (κ3) is 3.67. The molecule has 0 radical (unpaired) electrons. The highest BCUT2D eigenvalue weighted by molar-refractivity contribution is 6.01. The fourth-order valence-electron chi connectivity index (χ4n) is 2.32. The molecule has 6 heteroatoms. The topological polar surface area (TPSA) is 69.0 Å². The molecule has 0 spiro atoms. The Morgan fingerprint density at radius 1 is 1.12 bits per heavy atom. The van der Waals surface area contributed by atoms with E-state index >= 15 is 0 Å². The summed E-state index contributed by atoms with van der Waals surface area (Å²) >= 11 is 0. The number of carbonyl (C=O) groups is 1. The molecule has 1 heterocycles. The Morgan fingerprint density at radius 3 is 2.67 bits per heavy atom. The Morgan fingerprint density at radius 2 is 1.88 bits per heavy atom. The first kappa shape index (κ1) is 15.9. The predicted molar refractivity (Wildman–Crippen MR) is 91.3 cm³/mol. The number of nitrogens with one attached hydrogen (secondary N) is 1. The molecule has 3 aromatic rings. The van der Waals surface area contributed by atoms with Crippen LogP contribution in [-0.4, -0.2) is 34.4 Å². The monoisotopic (exact) mass is 322 g/mol. The van der Waals surface area contributed by atoms with E-state index in [9.17, 15) is 4.79 Å². The zero-order valence-corrected chi connectivity index (χ0v) is 13.3. The van der Waals surface area contributed by atoms with Crippen molar-refractivity contribution in [3.63, 3.8) is 0 Å². The predicted octanol–water partition coefficient (Wildman–Crippen LogP) is 2.71. The Hall–Kier alpha value is -2.99. The van der Waals surface area contributed by atoms with Crippen LogP contribution in [-0.2, 0) is 11.2 Å². The van der Waals surface area contributed by atoms with Gasteiger partial charge in [0, 0.05) is 12.8 Å². The number of rotatable bonds is 6. The van der Waals surface area contributed by atoms with Crippen molar-refractivity contribution in [3.8, 4) is 5.69 Å². The number of anilines is 1. The van der Waals surface area contributed by atoms with Crippen LogP contribution in [0.1, 0.15) is 16.2 Å². The van der Waals surface area contributed by atoms with Crippen LogP contribution in [0.3, 0.4) is 0 Å². The van der Waals surface area contributed by atoms with Gasteiger partial charge in [-0.1, -0.05) is 36.4 Å². The van der Waals surface area contributed by atoms with Crippen molar-refractivity contribution in [2.24, 2.45) is 0 Å². The van der Waals surface area contributed by atoms with Crippen LogP contribution in [0.2, 0.25) is 0 Å². The average Bonchev–Trinajstić information content (AvgIpc) is 3.12. The lowest BCUT2D eigenvalue weighted by molar-refractivity contribution is 0.101. The quantitative estimate of drug-likeness (QED) is 0.757. The van der Waals surface area contributed by atoms with E-state index in [2.05, 4.69) is 15.4 Å². The van der Waals surface area contributed by atoms with Crippen molar-refractivity contribution in [3.05, 3.63) is 72.3 Å². The van der Waals surface area contributed by atoms with Crippen LogP contribution in [0.15, 0.2) is 60.9 Å². The van der Waals surface area contributed by atoms with E-state index in [0.29, 0.717) is 6.61 Å². The summed E-state index contributed by atoms with van der Waals surface area (Å²) in [5.41, 5.74) is 2.61. The van der Waals surface area contributed by atoms with Gasteiger partial charge in [-0.15, -0.1) is 5.10 Å². The molecular formula is C18H18N4O2. The highest BCUT2D eigenvalue weighted by Gasteiger charge is 2.14. The number of ether oxygens (including phenoxy) is 1. The zero-order valence-electron chi connectivity index (χ0n) is 13.3. The van der Waals surface area contributed by atoms with E-state index in [0.717, 1.165) is 23.4 Å². The molecule has 0 aliphatic heterocycles. The van der Waals surface area contributed by atoms with Crippen LogP contribution >= 0.6 is 0 Å². The molecule has 1 amide bonds. The van der Waals surface area contributed by atoms with Crippen LogP contribution in [0.4, 0.5) is 5.69 Å². The molecule has 0 atom stereocenters. The minimum absolute atomic E-state index is 0.125. The van der Waals surface area contributed by atoms with Crippen LogP contribution < -0.4 is 5.32 Å².